The number of aliphatic hydroxyl groups is 1. The summed E-state index contributed by atoms with van der Waals surface area (Å²) < 4.78 is 9.23. The molecule has 0 aliphatic rings. The first-order valence-electron chi connectivity index (χ1n) is 6.70. The van der Waals surface area contributed by atoms with E-state index >= 15 is 0 Å². The number of amides is 1. The van der Waals surface area contributed by atoms with Gasteiger partial charge in [0.05, 0.1) is 25.3 Å². The molecule has 2 N–H and O–H groups in total. The molecule has 0 bridgehead atoms. The van der Waals surface area contributed by atoms with E-state index in [2.05, 4.69) is 25.0 Å². The van der Waals surface area contributed by atoms with Gasteiger partial charge >= 0.3 is 11.9 Å². The zero-order valence-electron chi connectivity index (χ0n) is 13.6. The van der Waals surface area contributed by atoms with Gasteiger partial charge in [0.25, 0.3) is 5.91 Å². The predicted molar refractivity (Wildman–Crippen MR) is 83.0 cm³/mol. The molecular weight excluding hydrogens is 318 g/mol. The monoisotopic (exact) mass is 335 g/mol. The van der Waals surface area contributed by atoms with E-state index in [0.717, 1.165) is 0 Å². The van der Waals surface area contributed by atoms with Gasteiger partial charge in [-0.25, -0.2) is 9.59 Å². The highest BCUT2D eigenvalue weighted by atomic mass is 16.5. The van der Waals surface area contributed by atoms with Crippen molar-refractivity contribution >= 4 is 23.5 Å². The van der Waals surface area contributed by atoms with Crippen molar-refractivity contribution in [3.05, 3.63) is 40.8 Å². The summed E-state index contributed by atoms with van der Waals surface area (Å²) in [5.41, 5.74) is -0.199. The number of nitrogens with one attached hydrogen (secondary N) is 1. The quantitative estimate of drug-likeness (QED) is 0.366. The molecule has 128 valence electrons. The third-order valence-corrected chi connectivity index (χ3v) is 2.87. The number of rotatable bonds is 5. The van der Waals surface area contributed by atoms with Crippen LogP contribution in [-0.2, 0) is 14.3 Å². The summed E-state index contributed by atoms with van der Waals surface area (Å²) in [4.78, 5) is 35.0. The van der Waals surface area contributed by atoms with E-state index in [4.69, 9.17) is 0 Å². The highest BCUT2D eigenvalue weighted by Crippen LogP contribution is 2.24. The fraction of sp³-hybridized carbons (Fsp3) is 0.267. The first-order valence-corrected chi connectivity index (χ1v) is 6.70. The molecule has 0 radical (unpaired) electrons. The molecule has 9 heteroatoms. The molecule has 1 aromatic rings. The molecule has 0 fully saturated rings. The van der Waals surface area contributed by atoms with Crippen LogP contribution >= 0.6 is 0 Å². The minimum Gasteiger partial charge on any atom is -0.510 e. The molecule has 1 amide bonds. The van der Waals surface area contributed by atoms with Crippen LogP contribution in [0.3, 0.4) is 0 Å². The normalized spacial score (nSPS) is 11.7. The highest BCUT2D eigenvalue weighted by Gasteiger charge is 2.17. The van der Waals surface area contributed by atoms with E-state index in [0.29, 0.717) is 0 Å². The summed E-state index contributed by atoms with van der Waals surface area (Å²) in [5, 5.41) is 19.2. The van der Waals surface area contributed by atoms with Gasteiger partial charge < -0.3 is 19.9 Å². The van der Waals surface area contributed by atoms with E-state index in [1.807, 2.05) is 0 Å². The molecule has 0 aliphatic carbocycles. The Morgan fingerprint density at radius 3 is 2.25 bits per heavy atom. The summed E-state index contributed by atoms with van der Waals surface area (Å²) in [7, 11) is 3.75. The number of esters is 2. The fourth-order valence-corrected chi connectivity index (χ4v) is 1.65. The first kappa shape index (κ1) is 18.8. The van der Waals surface area contributed by atoms with Gasteiger partial charge in [-0.3, -0.25) is 4.79 Å². The number of azo groups is 1. The summed E-state index contributed by atoms with van der Waals surface area (Å²) in [6.45, 7) is 1.26. The zero-order valence-corrected chi connectivity index (χ0v) is 13.6. The second-order valence-corrected chi connectivity index (χ2v) is 4.43. The number of carbonyl (C=O) groups excluding carboxylic acids is 3. The molecule has 0 spiro atoms. The third kappa shape index (κ3) is 4.38. The standard InChI is InChI=1S/C15H17N3O6/c1-8(19)12(13(20)16-2)18-17-11-7-9(14(21)23-3)5-6-10(11)15(22)24-4/h5-7,19H,1-4H3,(H,16,20)/b12-8+,18-17?. The van der Waals surface area contributed by atoms with Crippen LogP contribution in [0, 0.1) is 0 Å². The summed E-state index contributed by atoms with van der Waals surface area (Å²) in [6.07, 6.45) is 0. The Bertz CT molecular complexity index is 720. The number of aliphatic hydroxyl groups excluding tert-OH is 1. The Morgan fingerprint density at radius 2 is 1.75 bits per heavy atom. The maximum absolute atomic E-state index is 11.8. The molecular formula is C15H17N3O6. The number of likely N-dealkylation sites (N-methyl/N-ethyl adjacent to an activating group) is 1. The Morgan fingerprint density at radius 1 is 1.12 bits per heavy atom. The number of carbonyl (C=O) groups is 3. The number of benzene rings is 1. The van der Waals surface area contributed by atoms with E-state index < -0.39 is 17.8 Å². The smallest absolute Gasteiger partial charge is 0.340 e. The number of allylic oxidation sites excluding steroid dienone is 1. The minimum absolute atomic E-state index is 0.0209. The lowest BCUT2D eigenvalue weighted by molar-refractivity contribution is -0.117. The molecule has 9 nitrogen and oxygen atoms in total. The molecule has 0 unspecified atom stereocenters. The zero-order chi connectivity index (χ0) is 18.3. The van der Waals surface area contributed by atoms with E-state index in [1.165, 1.54) is 46.4 Å². The van der Waals surface area contributed by atoms with Crippen molar-refractivity contribution in [2.75, 3.05) is 21.3 Å². The van der Waals surface area contributed by atoms with Crippen molar-refractivity contribution in [3.8, 4) is 0 Å². The molecule has 0 saturated carbocycles. The average Bonchev–Trinajstić information content (AvgIpc) is 2.59. The summed E-state index contributed by atoms with van der Waals surface area (Å²) >= 11 is 0. The number of methoxy groups -OCH3 is 2. The maximum Gasteiger partial charge on any atom is 0.340 e. The van der Waals surface area contributed by atoms with Crippen LogP contribution in [0.2, 0.25) is 0 Å². The van der Waals surface area contributed by atoms with Gasteiger partial charge in [0.15, 0.2) is 5.70 Å². The average molecular weight is 335 g/mol. The SMILES string of the molecule is CNC(=O)/C(N=Nc1cc(C(=O)OC)ccc1C(=O)OC)=C(/C)O. The highest BCUT2D eigenvalue weighted by molar-refractivity contribution is 5.98. The molecule has 1 aromatic carbocycles. The van der Waals surface area contributed by atoms with Crippen LogP contribution in [0.25, 0.3) is 0 Å². The Kier molecular flexibility index (Phi) is 6.60. The second kappa shape index (κ2) is 8.42. The van der Waals surface area contributed by atoms with Crippen molar-refractivity contribution in [3.63, 3.8) is 0 Å². The lowest BCUT2D eigenvalue weighted by Gasteiger charge is -2.06. The van der Waals surface area contributed by atoms with E-state index in [1.54, 1.807) is 0 Å². The van der Waals surface area contributed by atoms with Gasteiger partial charge in [-0.15, -0.1) is 10.2 Å². The topological polar surface area (TPSA) is 127 Å². The van der Waals surface area contributed by atoms with Crippen molar-refractivity contribution in [1.29, 1.82) is 0 Å². The van der Waals surface area contributed by atoms with Crippen LogP contribution in [-0.4, -0.2) is 44.2 Å². The van der Waals surface area contributed by atoms with Crippen LogP contribution in [0.4, 0.5) is 5.69 Å². The third-order valence-electron chi connectivity index (χ3n) is 2.87. The molecule has 0 heterocycles. The van der Waals surface area contributed by atoms with Crippen LogP contribution in [0.1, 0.15) is 27.6 Å². The summed E-state index contributed by atoms with van der Waals surface area (Å²) in [6, 6.07) is 3.95. The molecule has 0 aromatic heterocycles. The van der Waals surface area contributed by atoms with Crippen LogP contribution in [0.15, 0.2) is 39.9 Å². The fourth-order valence-electron chi connectivity index (χ4n) is 1.65. The van der Waals surface area contributed by atoms with Crippen molar-refractivity contribution in [2.45, 2.75) is 6.92 Å². The number of ether oxygens (including phenoxy) is 2. The molecule has 24 heavy (non-hydrogen) atoms. The Hall–Kier alpha value is -3.23. The lowest BCUT2D eigenvalue weighted by atomic mass is 10.1. The first-order chi connectivity index (χ1) is 11.3. The second-order valence-electron chi connectivity index (χ2n) is 4.43. The Balaban J connectivity index is 3.40. The van der Waals surface area contributed by atoms with E-state index in [9.17, 15) is 19.5 Å². The van der Waals surface area contributed by atoms with Crippen molar-refractivity contribution in [2.24, 2.45) is 10.2 Å². The van der Waals surface area contributed by atoms with Crippen LogP contribution < -0.4 is 5.32 Å². The van der Waals surface area contributed by atoms with Crippen molar-refractivity contribution < 1.29 is 29.0 Å². The Labute approximate surface area is 138 Å². The van der Waals surface area contributed by atoms with Gasteiger partial charge in [-0.05, 0) is 25.1 Å². The minimum atomic E-state index is -0.702. The molecule has 0 saturated heterocycles. The molecule has 1 rings (SSSR count). The lowest BCUT2D eigenvalue weighted by Crippen LogP contribution is -2.20. The molecule has 0 atom stereocenters. The number of nitrogens with zero attached hydrogens (tertiary/aromatic N) is 2. The van der Waals surface area contributed by atoms with Gasteiger partial charge in [-0.1, -0.05) is 0 Å². The number of hydrogen-bond acceptors (Lipinski definition) is 8. The van der Waals surface area contributed by atoms with Gasteiger partial charge in [-0.2, -0.15) is 0 Å². The van der Waals surface area contributed by atoms with Gasteiger partial charge in [0, 0.05) is 7.05 Å². The summed E-state index contributed by atoms with van der Waals surface area (Å²) in [5.74, 6) is -2.36. The number of hydrogen-bond donors (Lipinski definition) is 2. The predicted octanol–water partition coefficient (Wildman–Crippen LogP) is 1.88. The van der Waals surface area contributed by atoms with Gasteiger partial charge in [0.1, 0.15) is 11.4 Å². The van der Waals surface area contributed by atoms with Crippen LogP contribution in [0.5, 0.6) is 0 Å². The van der Waals surface area contributed by atoms with E-state index in [-0.39, 0.29) is 28.3 Å². The van der Waals surface area contributed by atoms with Crippen molar-refractivity contribution in [1.82, 2.24) is 5.32 Å². The molecule has 0 aliphatic heterocycles. The maximum atomic E-state index is 11.8. The van der Waals surface area contributed by atoms with Gasteiger partial charge in [0.2, 0.25) is 0 Å². The largest absolute Gasteiger partial charge is 0.510 e.